The van der Waals surface area contributed by atoms with E-state index < -0.39 is 0 Å². The van der Waals surface area contributed by atoms with E-state index in [4.69, 9.17) is 9.47 Å². The molecule has 22 heavy (non-hydrogen) atoms. The maximum absolute atomic E-state index is 5.52. The van der Waals surface area contributed by atoms with Crippen LogP contribution in [-0.4, -0.2) is 19.5 Å². The van der Waals surface area contributed by atoms with Gasteiger partial charge in [-0.3, -0.25) is 0 Å². The van der Waals surface area contributed by atoms with E-state index in [2.05, 4.69) is 22.0 Å². The van der Waals surface area contributed by atoms with Crippen molar-refractivity contribution in [2.45, 2.75) is 77.0 Å². The molecular formula is C19H33BrO2. The van der Waals surface area contributed by atoms with Gasteiger partial charge in [-0.1, -0.05) is 60.9 Å². The molecule has 1 aliphatic carbocycles. The Morgan fingerprint density at radius 1 is 0.818 bits per heavy atom. The van der Waals surface area contributed by atoms with E-state index in [0.29, 0.717) is 0 Å². The predicted molar refractivity (Wildman–Crippen MR) is 98.3 cm³/mol. The fourth-order valence-corrected chi connectivity index (χ4v) is 3.39. The molecule has 1 rings (SSSR count). The predicted octanol–water partition coefficient (Wildman–Crippen LogP) is 6.51. The van der Waals surface area contributed by atoms with Crippen LogP contribution in [0.5, 0.6) is 0 Å². The Morgan fingerprint density at radius 2 is 1.41 bits per heavy atom. The van der Waals surface area contributed by atoms with Gasteiger partial charge in [-0.2, -0.15) is 0 Å². The van der Waals surface area contributed by atoms with Crippen LogP contribution >= 0.6 is 15.9 Å². The maximum Gasteiger partial charge on any atom is 0.0993 e. The minimum Gasteiger partial charge on any atom is -0.501 e. The maximum atomic E-state index is 5.52. The van der Waals surface area contributed by atoms with Gasteiger partial charge in [0.25, 0.3) is 0 Å². The molecule has 0 unspecified atom stereocenters. The summed E-state index contributed by atoms with van der Waals surface area (Å²) in [6.07, 6.45) is 17.6. The Bertz CT molecular complexity index is 347. The number of alkyl halides is 1. The molecule has 3 heteroatoms. The second-order valence-corrected chi connectivity index (χ2v) is 6.88. The zero-order valence-electron chi connectivity index (χ0n) is 14.5. The zero-order valence-corrected chi connectivity index (χ0v) is 16.1. The molecule has 128 valence electrons. The summed E-state index contributed by atoms with van der Waals surface area (Å²) >= 11 is 3.49. The third-order valence-electron chi connectivity index (χ3n) is 4.38. The number of allylic oxidation sites excluding steroid dienone is 4. The lowest BCUT2D eigenvalue weighted by atomic mass is 9.97. The molecule has 0 aromatic heterocycles. The summed E-state index contributed by atoms with van der Waals surface area (Å²) < 4.78 is 10.9. The third kappa shape index (κ3) is 8.26. The fourth-order valence-electron chi connectivity index (χ4n) is 3.00. The van der Waals surface area contributed by atoms with Gasteiger partial charge in [-0.05, 0) is 30.9 Å². The highest BCUT2D eigenvalue weighted by Crippen LogP contribution is 2.28. The van der Waals surface area contributed by atoms with Crippen molar-refractivity contribution in [1.29, 1.82) is 0 Å². The second-order valence-electron chi connectivity index (χ2n) is 6.09. The molecule has 0 atom stereocenters. The van der Waals surface area contributed by atoms with E-state index in [9.17, 15) is 0 Å². The van der Waals surface area contributed by atoms with Crippen LogP contribution in [-0.2, 0) is 9.47 Å². The van der Waals surface area contributed by atoms with Gasteiger partial charge in [0, 0.05) is 18.2 Å². The Balaban J connectivity index is 2.08. The standard InChI is InChI=1S/C19H33BrO2/c1-21-18-13-14-19(22-2)17(16-18)12-10-8-6-4-3-5-7-9-11-15-20/h16H,3-15H2,1-2H3. The van der Waals surface area contributed by atoms with Gasteiger partial charge in [0.15, 0.2) is 0 Å². The minimum atomic E-state index is 0.970. The van der Waals surface area contributed by atoms with E-state index in [-0.39, 0.29) is 0 Å². The van der Waals surface area contributed by atoms with Crippen molar-refractivity contribution in [3.8, 4) is 0 Å². The Labute approximate surface area is 145 Å². The Kier molecular flexibility index (Phi) is 11.6. The van der Waals surface area contributed by atoms with Crippen LogP contribution < -0.4 is 0 Å². The molecule has 0 spiro atoms. The summed E-state index contributed by atoms with van der Waals surface area (Å²) in [4.78, 5) is 0. The molecule has 0 aliphatic heterocycles. The molecule has 0 radical (unpaired) electrons. The van der Waals surface area contributed by atoms with E-state index in [0.717, 1.165) is 36.1 Å². The normalized spacial score (nSPS) is 15.0. The van der Waals surface area contributed by atoms with Crippen LogP contribution in [0.15, 0.2) is 23.2 Å². The lowest BCUT2D eigenvalue weighted by Crippen LogP contribution is -2.03. The number of hydrogen-bond acceptors (Lipinski definition) is 2. The number of ether oxygens (including phenoxy) is 2. The van der Waals surface area contributed by atoms with Crippen molar-refractivity contribution in [2.24, 2.45) is 0 Å². The van der Waals surface area contributed by atoms with Crippen molar-refractivity contribution >= 4 is 15.9 Å². The molecule has 0 bridgehead atoms. The molecule has 0 saturated carbocycles. The largest absolute Gasteiger partial charge is 0.501 e. The first kappa shape index (κ1) is 19.6. The van der Waals surface area contributed by atoms with Gasteiger partial charge >= 0.3 is 0 Å². The van der Waals surface area contributed by atoms with E-state index in [1.807, 2.05) is 0 Å². The quantitative estimate of drug-likeness (QED) is 0.271. The summed E-state index contributed by atoms with van der Waals surface area (Å²) in [5.74, 6) is 2.26. The second kappa shape index (κ2) is 13.0. The Morgan fingerprint density at radius 3 is 1.95 bits per heavy atom. The van der Waals surface area contributed by atoms with E-state index >= 15 is 0 Å². The van der Waals surface area contributed by atoms with Crippen LogP contribution in [0.4, 0.5) is 0 Å². The summed E-state index contributed by atoms with van der Waals surface area (Å²) in [7, 11) is 3.55. The molecule has 1 aliphatic rings. The van der Waals surface area contributed by atoms with Crippen LogP contribution in [0.3, 0.4) is 0 Å². The van der Waals surface area contributed by atoms with Crippen LogP contribution in [0.25, 0.3) is 0 Å². The number of rotatable bonds is 13. The van der Waals surface area contributed by atoms with Gasteiger partial charge < -0.3 is 9.47 Å². The van der Waals surface area contributed by atoms with Crippen molar-refractivity contribution in [3.05, 3.63) is 23.2 Å². The van der Waals surface area contributed by atoms with Gasteiger partial charge in [0.05, 0.1) is 25.7 Å². The number of hydrogen-bond donors (Lipinski definition) is 0. The molecule has 0 aromatic carbocycles. The van der Waals surface area contributed by atoms with E-state index in [1.165, 1.54) is 63.4 Å². The van der Waals surface area contributed by atoms with Gasteiger partial charge in [-0.15, -0.1) is 0 Å². The highest BCUT2D eigenvalue weighted by molar-refractivity contribution is 9.09. The summed E-state index contributed by atoms with van der Waals surface area (Å²) in [6, 6.07) is 0. The minimum absolute atomic E-state index is 0.970. The third-order valence-corrected chi connectivity index (χ3v) is 4.94. The molecular weight excluding hydrogens is 340 g/mol. The topological polar surface area (TPSA) is 18.5 Å². The van der Waals surface area contributed by atoms with Crippen molar-refractivity contribution in [1.82, 2.24) is 0 Å². The van der Waals surface area contributed by atoms with Crippen LogP contribution in [0.1, 0.15) is 77.0 Å². The highest BCUT2D eigenvalue weighted by atomic mass is 79.9. The summed E-state index contributed by atoms with van der Waals surface area (Å²) in [5.41, 5.74) is 1.35. The highest BCUT2D eigenvalue weighted by Gasteiger charge is 2.14. The molecule has 0 amide bonds. The van der Waals surface area contributed by atoms with Gasteiger partial charge in [0.2, 0.25) is 0 Å². The number of unbranched alkanes of at least 4 members (excludes halogenated alkanes) is 8. The number of methoxy groups -OCH3 is 2. The molecule has 0 fully saturated rings. The molecule has 0 N–H and O–H groups in total. The van der Waals surface area contributed by atoms with Crippen LogP contribution in [0, 0.1) is 0 Å². The SMILES string of the molecule is COC1=CC(CCCCCCCCCCCBr)=C(OC)CC1. The van der Waals surface area contributed by atoms with E-state index in [1.54, 1.807) is 14.2 Å². The average molecular weight is 373 g/mol. The van der Waals surface area contributed by atoms with Gasteiger partial charge in [0.1, 0.15) is 0 Å². The molecule has 0 heterocycles. The van der Waals surface area contributed by atoms with Crippen molar-refractivity contribution < 1.29 is 9.47 Å². The first-order chi connectivity index (χ1) is 10.8. The Hall–Kier alpha value is -0.440. The zero-order chi connectivity index (χ0) is 16.0. The van der Waals surface area contributed by atoms with Gasteiger partial charge in [-0.25, -0.2) is 0 Å². The molecule has 0 aromatic rings. The fraction of sp³-hybridized carbons (Fsp3) is 0.789. The number of halogens is 1. The van der Waals surface area contributed by atoms with Crippen molar-refractivity contribution in [3.63, 3.8) is 0 Å². The summed E-state index contributed by atoms with van der Waals surface area (Å²) in [5, 5.41) is 1.16. The molecule has 2 nitrogen and oxygen atoms in total. The lowest BCUT2D eigenvalue weighted by molar-refractivity contribution is 0.239. The first-order valence-corrected chi connectivity index (χ1v) is 10.0. The van der Waals surface area contributed by atoms with Crippen molar-refractivity contribution in [2.75, 3.05) is 19.5 Å². The lowest BCUT2D eigenvalue weighted by Gasteiger charge is -2.18. The summed E-state index contributed by atoms with van der Waals surface area (Å²) in [6.45, 7) is 0. The molecule has 0 saturated heterocycles. The average Bonchev–Trinajstić information content (AvgIpc) is 2.56. The monoisotopic (exact) mass is 372 g/mol. The smallest absolute Gasteiger partial charge is 0.0993 e. The first-order valence-electron chi connectivity index (χ1n) is 8.88. The van der Waals surface area contributed by atoms with Crippen LogP contribution in [0.2, 0.25) is 0 Å².